The molecule has 4 nitrogen and oxygen atoms in total. The molecule has 0 saturated heterocycles. The van der Waals surface area contributed by atoms with Crippen molar-refractivity contribution in [1.82, 2.24) is 0 Å². The maximum atomic E-state index is 11.0. The lowest BCUT2D eigenvalue weighted by Crippen LogP contribution is -2.01. The predicted octanol–water partition coefficient (Wildman–Crippen LogP) is 0.295. The van der Waals surface area contributed by atoms with E-state index >= 15 is 0 Å². The second-order valence-electron chi connectivity index (χ2n) is 2.51. The molecular weight excluding hydrogens is 212 g/mol. The summed E-state index contributed by atoms with van der Waals surface area (Å²) in [6, 6.07) is 5.64. The fourth-order valence-electron chi connectivity index (χ4n) is 0.796. The number of aryl methyl sites for hydroxylation is 1. The summed E-state index contributed by atoms with van der Waals surface area (Å²) in [6.07, 6.45) is 0. The first kappa shape index (κ1) is 10.2. The first-order chi connectivity index (χ1) is 5.94. The van der Waals surface area contributed by atoms with Crippen LogP contribution >= 0.6 is 0 Å². The van der Waals surface area contributed by atoms with Crippen molar-refractivity contribution in [3.05, 3.63) is 29.8 Å². The van der Waals surface area contributed by atoms with Crippen LogP contribution in [0.4, 0.5) is 0 Å². The molecule has 0 aliphatic carbocycles. The zero-order chi connectivity index (χ0) is 10.1. The Bertz CT molecular complexity index is 460. The molecule has 0 heterocycles. The minimum absolute atomic E-state index is 0.186. The van der Waals surface area contributed by atoms with Gasteiger partial charge in [0.05, 0.1) is 4.90 Å². The monoisotopic (exact) mass is 220 g/mol. The van der Waals surface area contributed by atoms with Crippen LogP contribution in [0.1, 0.15) is 5.56 Å². The van der Waals surface area contributed by atoms with Crippen molar-refractivity contribution in [3.63, 3.8) is 0 Å². The molecule has 0 spiro atoms. The number of hydrogen-bond acceptors (Lipinski definition) is 4. The van der Waals surface area contributed by atoms with Crippen molar-refractivity contribution in [2.75, 3.05) is 0 Å². The Hall–Kier alpha value is -0.880. The number of benzene rings is 1. The molecule has 1 aromatic carbocycles. The molecule has 0 radical (unpaired) electrons. The fourth-order valence-corrected chi connectivity index (χ4v) is 2.33. The molecule has 0 unspecified atom stereocenters. The lowest BCUT2D eigenvalue weighted by atomic mass is 10.2. The standard InChI is InChI=1S/C7H8O4S2/c1-6-2-4-7(5-3-6)13(10,11)12(8)9/h2-5,12H,1H3. The minimum atomic E-state index is -4.14. The Morgan fingerprint density at radius 3 is 1.92 bits per heavy atom. The summed E-state index contributed by atoms with van der Waals surface area (Å²) in [5, 5.41) is 0. The maximum absolute atomic E-state index is 11.0. The molecule has 0 atom stereocenters. The third kappa shape index (κ3) is 2.07. The SMILES string of the molecule is Cc1ccc(S(=O)(=O)[SH](=O)=O)cc1. The number of hydrogen-bond donors (Lipinski definition) is 1. The zero-order valence-electron chi connectivity index (χ0n) is 6.80. The third-order valence-electron chi connectivity index (χ3n) is 1.52. The van der Waals surface area contributed by atoms with Gasteiger partial charge in [-0.1, -0.05) is 17.7 Å². The Balaban J connectivity index is 3.33. The van der Waals surface area contributed by atoms with E-state index < -0.39 is 18.6 Å². The molecule has 0 bridgehead atoms. The van der Waals surface area contributed by atoms with Gasteiger partial charge in [-0.25, -0.2) is 16.8 Å². The van der Waals surface area contributed by atoms with Crippen LogP contribution in [0.2, 0.25) is 0 Å². The van der Waals surface area contributed by atoms with Gasteiger partial charge in [-0.3, -0.25) is 0 Å². The van der Waals surface area contributed by atoms with Gasteiger partial charge in [-0.05, 0) is 19.1 Å². The highest BCUT2D eigenvalue weighted by atomic mass is 33.1. The predicted molar refractivity (Wildman–Crippen MR) is 48.7 cm³/mol. The first-order valence-electron chi connectivity index (χ1n) is 3.41. The van der Waals surface area contributed by atoms with E-state index in [1.54, 1.807) is 19.1 Å². The molecule has 0 aliphatic heterocycles. The van der Waals surface area contributed by atoms with Crippen LogP contribution in [0.5, 0.6) is 0 Å². The van der Waals surface area contributed by atoms with Crippen molar-refractivity contribution in [3.8, 4) is 0 Å². The summed E-state index contributed by atoms with van der Waals surface area (Å²) in [5.74, 6) is 0. The largest absolute Gasteiger partial charge is 0.279 e. The molecule has 1 rings (SSSR count). The van der Waals surface area contributed by atoms with Crippen molar-refractivity contribution in [2.24, 2.45) is 0 Å². The van der Waals surface area contributed by atoms with Crippen LogP contribution in [0.3, 0.4) is 0 Å². The van der Waals surface area contributed by atoms with Crippen molar-refractivity contribution in [2.45, 2.75) is 11.8 Å². The van der Waals surface area contributed by atoms with E-state index in [1.165, 1.54) is 12.1 Å². The van der Waals surface area contributed by atoms with Crippen LogP contribution in [0.25, 0.3) is 0 Å². The second-order valence-corrected chi connectivity index (χ2v) is 6.72. The molecule has 0 N–H and O–H groups in total. The molecule has 0 amide bonds. The smallest absolute Gasteiger partial charge is 0.215 e. The van der Waals surface area contributed by atoms with Crippen LogP contribution < -0.4 is 0 Å². The van der Waals surface area contributed by atoms with E-state index in [0.29, 0.717) is 0 Å². The van der Waals surface area contributed by atoms with E-state index in [9.17, 15) is 16.8 Å². The summed E-state index contributed by atoms with van der Waals surface area (Å²) in [7, 11) is -7.60. The van der Waals surface area contributed by atoms with E-state index in [-0.39, 0.29) is 4.90 Å². The molecule has 72 valence electrons. The van der Waals surface area contributed by atoms with E-state index in [2.05, 4.69) is 0 Å². The summed E-state index contributed by atoms with van der Waals surface area (Å²) in [6.45, 7) is 1.79. The Kier molecular flexibility index (Phi) is 2.72. The lowest BCUT2D eigenvalue weighted by molar-refractivity contribution is 0.592. The van der Waals surface area contributed by atoms with Gasteiger partial charge in [-0.2, -0.15) is 0 Å². The molecule has 0 aromatic heterocycles. The van der Waals surface area contributed by atoms with Gasteiger partial charge in [0, 0.05) is 0 Å². The molecule has 0 saturated carbocycles. The van der Waals surface area contributed by atoms with Crippen LogP contribution in [-0.4, -0.2) is 16.8 Å². The van der Waals surface area contributed by atoms with Crippen LogP contribution in [-0.2, 0) is 18.6 Å². The molecular formula is C7H8O4S2. The highest BCUT2D eigenvalue weighted by Gasteiger charge is 2.16. The summed E-state index contributed by atoms with van der Waals surface area (Å²) in [5.41, 5.74) is 0.875. The van der Waals surface area contributed by atoms with Gasteiger partial charge >= 0.3 is 0 Å². The van der Waals surface area contributed by atoms with Gasteiger partial charge in [0.15, 0.2) is 0 Å². The van der Waals surface area contributed by atoms with E-state index in [0.717, 1.165) is 5.56 Å². The van der Waals surface area contributed by atoms with Crippen molar-refractivity contribution >= 4 is 18.6 Å². The van der Waals surface area contributed by atoms with Gasteiger partial charge in [0.2, 0.25) is 9.74 Å². The molecule has 0 aliphatic rings. The molecule has 1 aromatic rings. The van der Waals surface area contributed by atoms with E-state index in [1.807, 2.05) is 0 Å². The topological polar surface area (TPSA) is 68.3 Å². The average molecular weight is 220 g/mol. The highest BCUT2D eigenvalue weighted by molar-refractivity contribution is 8.59. The maximum Gasteiger partial charge on any atom is 0.279 e. The van der Waals surface area contributed by atoms with Gasteiger partial charge in [-0.15, -0.1) is 0 Å². The van der Waals surface area contributed by atoms with Crippen molar-refractivity contribution in [1.29, 1.82) is 0 Å². The highest BCUT2D eigenvalue weighted by Crippen LogP contribution is 2.11. The molecule has 13 heavy (non-hydrogen) atoms. The summed E-state index contributed by atoms with van der Waals surface area (Å²) < 4.78 is 42.8. The van der Waals surface area contributed by atoms with Gasteiger partial charge in [0.25, 0.3) is 8.87 Å². The minimum Gasteiger partial charge on any atom is -0.215 e. The van der Waals surface area contributed by atoms with Crippen LogP contribution in [0.15, 0.2) is 29.2 Å². The van der Waals surface area contributed by atoms with Crippen LogP contribution in [0, 0.1) is 6.92 Å². The third-order valence-corrected chi connectivity index (χ3v) is 4.59. The summed E-state index contributed by atoms with van der Waals surface area (Å²) in [4.78, 5) is -0.186. The Morgan fingerprint density at radius 2 is 1.54 bits per heavy atom. The number of rotatable bonds is 2. The Labute approximate surface area is 77.5 Å². The molecule has 0 fully saturated rings. The van der Waals surface area contributed by atoms with E-state index in [4.69, 9.17) is 0 Å². The Morgan fingerprint density at radius 1 is 1.08 bits per heavy atom. The van der Waals surface area contributed by atoms with Crippen molar-refractivity contribution < 1.29 is 16.8 Å². The average Bonchev–Trinajstić information content (AvgIpc) is 2.04. The zero-order valence-corrected chi connectivity index (χ0v) is 8.51. The quantitative estimate of drug-likeness (QED) is 0.574. The first-order valence-corrected chi connectivity index (χ1v) is 6.67. The molecule has 6 heteroatoms. The van der Waals surface area contributed by atoms with Gasteiger partial charge < -0.3 is 0 Å². The normalized spacial score (nSPS) is 11.8. The van der Waals surface area contributed by atoms with Gasteiger partial charge in [0.1, 0.15) is 0 Å². The fraction of sp³-hybridized carbons (Fsp3) is 0.143. The lowest BCUT2D eigenvalue weighted by Gasteiger charge is -1.96. The number of thiol groups is 1. The summed E-state index contributed by atoms with van der Waals surface area (Å²) >= 11 is 0. The second kappa shape index (κ2) is 3.47.